The maximum absolute atomic E-state index is 13.9. The highest BCUT2D eigenvalue weighted by Crippen LogP contribution is 2.43. The zero-order chi connectivity index (χ0) is 30.7. The fourth-order valence-electron chi connectivity index (χ4n) is 6.70. The lowest BCUT2D eigenvalue weighted by atomic mass is 9.77. The molecule has 0 spiro atoms. The number of carbonyl (C=O) groups excluding carboxylic acids is 3. The summed E-state index contributed by atoms with van der Waals surface area (Å²) in [4.78, 5) is 55.0. The number of nitrogens with zero attached hydrogens (tertiary/aromatic N) is 5. The molecule has 3 aliphatic rings. The Labute approximate surface area is 256 Å². The normalized spacial score (nSPS) is 18.2. The van der Waals surface area contributed by atoms with Crippen LogP contribution in [-0.4, -0.2) is 47.7 Å². The van der Waals surface area contributed by atoms with Gasteiger partial charge in [0.2, 0.25) is 5.91 Å². The van der Waals surface area contributed by atoms with Gasteiger partial charge in [0.05, 0.1) is 19.4 Å². The van der Waals surface area contributed by atoms with Gasteiger partial charge >= 0.3 is 0 Å². The number of ketones is 2. The molecule has 0 saturated carbocycles. The summed E-state index contributed by atoms with van der Waals surface area (Å²) in [6.45, 7) is 6.58. The van der Waals surface area contributed by atoms with Crippen molar-refractivity contribution in [3.05, 3.63) is 100 Å². The summed E-state index contributed by atoms with van der Waals surface area (Å²) in [5.41, 5.74) is 5.03. The predicted molar refractivity (Wildman–Crippen MR) is 172 cm³/mol. The number of fused-ring (bicyclic) bond motifs is 6. The van der Waals surface area contributed by atoms with Crippen molar-refractivity contribution in [2.45, 2.75) is 38.6 Å². The van der Waals surface area contributed by atoms with Gasteiger partial charge in [-0.1, -0.05) is 68.5 Å². The van der Waals surface area contributed by atoms with Crippen molar-refractivity contribution in [3.8, 4) is 11.1 Å². The zero-order valence-corrected chi connectivity index (χ0v) is 25.2. The van der Waals surface area contributed by atoms with E-state index in [1.165, 1.54) is 11.9 Å². The van der Waals surface area contributed by atoms with E-state index in [2.05, 4.69) is 35.9 Å². The molecule has 0 fully saturated rings. The fourth-order valence-corrected chi connectivity index (χ4v) is 6.70. The van der Waals surface area contributed by atoms with Crippen LogP contribution in [0.25, 0.3) is 23.3 Å². The first kappa shape index (κ1) is 27.7. The number of likely N-dealkylation sites (N-methyl/N-ethyl adjacent to an activating group) is 1. The van der Waals surface area contributed by atoms with E-state index in [1.807, 2.05) is 71.3 Å². The van der Waals surface area contributed by atoms with Gasteiger partial charge in [0.25, 0.3) is 0 Å². The van der Waals surface area contributed by atoms with Crippen LogP contribution in [0.1, 0.15) is 54.6 Å². The molecule has 0 radical (unpaired) electrons. The molecule has 1 aromatic heterocycles. The van der Waals surface area contributed by atoms with E-state index in [4.69, 9.17) is 0 Å². The molecule has 2 aliphatic carbocycles. The van der Waals surface area contributed by atoms with Crippen LogP contribution in [0, 0.1) is 0 Å². The van der Waals surface area contributed by atoms with Crippen LogP contribution in [0.5, 0.6) is 0 Å². The van der Waals surface area contributed by atoms with E-state index >= 15 is 0 Å². The molecule has 8 nitrogen and oxygen atoms in total. The lowest BCUT2D eigenvalue weighted by Gasteiger charge is -2.41. The van der Waals surface area contributed by atoms with E-state index in [1.54, 1.807) is 24.2 Å². The number of Topliss-reactive ketones (excluding diaryl/α,β-unsaturated/α-hetero) is 2. The zero-order valence-electron chi connectivity index (χ0n) is 25.2. The van der Waals surface area contributed by atoms with Crippen molar-refractivity contribution in [2.75, 3.05) is 35.0 Å². The van der Waals surface area contributed by atoms with Crippen molar-refractivity contribution < 1.29 is 14.4 Å². The molecule has 44 heavy (non-hydrogen) atoms. The molecule has 1 unspecified atom stereocenters. The van der Waals surface area contributed by atoms with Gasteiger partial charge in [-0.3, -0.25) is 14.4 Å². The summed E-state index contributed by atoms with van der Waals surface area (Å²) < 4.78 is 0. The molecule has 1 atom stereocenters. The van der Waals surface area contributed by atoms with E-state index < -0.39 is 5.54 Å². The topological polar surface area (TPSA) is 86.7 Å². The number of anilines is 3. The Kier molecular flexibility index (Phi) is 6.46. The molecule has 0 N–H and O–H groups in total. The average molecular weight is 584 g/mol. The van der Waals surface area contributed by atoms with Crippen LogP contribution in [0.4, 0.5) is 17.2 Å². The molecule has 2 heterocycles. The minimum atomic E-state index is -1.08. The first-order chi connectivity index (χ1) is 21.2. The Morgan fingerprint density at radius 2 is 1.73 bits per heavy atom. The maximum Gasteiger partial charge on any atom is 0.246 e. The number of rotatable bonds is 5. The van der Waals surface area contributed by atoms with Gasteiger partial charge in [0.15, 0.2) is 17.4 Å². The number of benzene rings is 3. The van der Waals surface area contributed by atoms with Gasteiger partial charge in [-0.15, -0.1) is 0 Å². The third-order valence-electron chi connectivity index (χ3n) is 9.37. The molecule has 7 rings (SSSR count). The fraction of sp³-hybridized carbons (Fsp3) is 0.250. The standard InChI is InChI=1S/C36H33N5O3/c1-22(2)23-9-11-24(12-10-23)39(4)34(44)19-40-21-41(35-31(40)18-37-20-38-35)36(3)30-15-13-26-25-7-5-6-8-28(25)32(42)17-29(26)27(30)14-16-33(36)43/h5-15,17-18,20,22H,16,19,21H2,1-4H3. The van der Waals surface area contributed by atoms with Crippen LogP contribution in [0.2, 0.25) is 0 Å². The Hall–Kier alpha value is -5.11. The van der Waals surface area contributed by atoms with Gasteiger partial charge in [0, 0.05) is 24.7 Å². The van der Waals surface area contributed by atoms with Gasteiger partial charge in [-0.25, -0.2) is 9.97 Å². The predicted octanol–water partition coefficient (Wildman–Crippen LogP) is 4.16. The summed E-state index contributed by atoms with van der Waals surface area (Å²) in [5.74, 6) is 0.897. The molecular weight excluding hydrogens is 550 g/mol. The lowest BCUT2D eigenvalue weighted by molar-refractivity contribution is -0.123. The van der Waals surface area contributed by atoms with Gasteiger partial charge in [-0.2, -0.15) is 0 Å². The van der Waals surface area contributed by atoms with Crippen LogP contribution < -0.4 is 25.1 Å². The van der Waals surface area contributed by atoms with E-state index in [0.29, 0.717) is 23.0 Å². The Morgan fingerprint density at radius 3 is 2.48 bits per heavy atom. The molecule has 1 amide bonds. The molecular formula is C36H33N5O3. The minimum Gasteiger partial charge on any atom is -0.340 e. The highest BCUT2D eigenvalue weighted by molar-refractivity contribution is 6.22. The van der Waals surface area contributed by atoms with Gasteiger partial charge < -0.3 is 14.7 Å². The van der Waals surface area contributed by atoms with Crippen LogP contribution in [0.3, 0.4) is 0 Å². The first-order valence-electron chi connectivity index (χ1n) is 14.9. The Balaban J connectivity index is 1.25. The Morgan fingerprint density at radius 1 is 0.977 bits per heavy atom. The average Bonchev–Trinajstić information content (AvgIpc) is 3.41. The summed E-state index contributed by atoms with van der Waals surface area (Å²) in [6.07, 6.45) is 7.02. The molecule has 0 bridgehead atoms. The summed E-state index contributed by atoms with van der Waals surface area (Å²) >= 11 is 0. The number of amides is 1. The summed E-state index contributed by atoms with van der Waals surface area (Å²) in [6, 6.07) is 19.7. The van der Waals surface area contributed by atoms with Crippen LogP contribution in [-0.2, 0) is 15.1 Å². The largest absolute Gasteiger partial charge is 0.340 e. The third kappa shape index (κ3) is 4.16. The SMILES string of the molecule is CC(C)c1ccc(N(C)C(=O)CN2CN(C3(C)C(=O)CC=c4c3ccc3c4=CC(=O)c4ccccc4-3)c3ncncc32)cc1. The molecule has 4 aromatic rings. The van der Waals surface area contributed by atoms with E-state index in [9.17, 15) is 14.4 Å². The highest BCUT2D eigenvalue weighted by Gasteiger charge is 2.48. The van der Waals surface area contributed by atoms with E-state index in [0.717, 1.165) is 32.8 Å². The Bertz CT molecular complexity index is 1980. The maximum atomic E-state index is 13.9. The number of hydrogen-bond acceptors (Lipinski definition) is 7. The van der Waals surface area contributed by atoms with Crippen LogP contribution >= 0.6 is 0 Å². The van der Waals surface area contributed by atoms with Crippen molar-refractivity contribution in [3.63, 3.8) is 0 Å². The molecule has 220 valence electrons. The van der Waals surface area contributed by atoms with Gasteiger partial charge in [-0.05, 0) is 63.7 Å². The molecule has 0 saturated heterocycles. The first-order valence-corrected chi connectivity index (χ1v) is 14.9. The number of hydrogen-bond donors (Lipinski definition) is 0. The van der Waals surface area contributed by atoms with Crippen molar-refractivity contribution >= 4 is 46.8 Å². The highest BCUT2D eigenvalue weighted by atomic mass is 16.2. The molecule has 8 heteroatoms. The smallest absolute Gasteiger partial charge is 0.246 e. The third-order valence-corrected chi connectivity index (χ3v) is 9.37. The minimum absolute atomic E-state index is 0.0209. The summed E-state index contributed by atoms with van der Waals surface area (Å²) in [5, 5.41) is 1.73. The van der Waals surface area contributed by atoms with E-state index in [-0.39, 0.29) is 37.1 Å². The van der Waals surface area contributed by atoms with Gasteiger partial charge in [0.1, 0.15) is 17.6 Å². The molecule has 1 aliphatic heterocycles. The lowest BCUT2D eigenvalue weighted by Crippen LogP contribution is -2.57. The van der Waals surface area contributed by atoms with Crippen molar-refractivity contribution in [1.29, 1.82) is 0 Å². The molecule has 3 aromatic carbocycles. The van der Waals surface area contributed by atoms with Crippen LogP contribution in [0.15, 0.2) is 73.2 Å². The number of carbonyl (C=O) groups is 3. The number of aromatic nitrogens is 2. The van der Waals surface area contributed by atoms with Crippen molar-refractivity contribution in [1.82, 2.24) is 9.97 Å². The second-order valence-electron chi connectivity index (χ2n) is 12.1. The monoisotopic (exact) mass is 583 g/mol. The summed E-state index contributed by atoms with van der Waals surface area (Å²) in [7, 11) is 1.78. The second-order valence-corrected chi connectivity index (χ2v) is 12.1. The van der Waals surface area contributed by atoms with Crippen molar-refractivity contribution in [2.24, 2.45) is 0 Å². The second kappa shape index (κ2) is 10.3. The quantitative estimate of drug-likeness (QED) is 0.349.